The largest absolute Gasteiger partial charge is 0.368 e. The second kappa shape index (κ2) is 5.81. The molecular weight excluding hydrogens is 312 g/mol. The van der Waals surface area contributed by atoms with Gasteiger partial charge in [0.05, 0.1) is 5.02 Å². The molecule has 1 saturated heterocycles. The average Bonchev–Trinajstić information content (AvgIpc) is 2.42. The molecule has 2 rings (SSSR count). The van der Waals surface area contributed by atoms with Crippen LogP contribution in [0, 0.1) is 0 Å². The van der Waals surface area contributed by atoms with Crippen LogP contribution in [0.4, 0.5) is 5.69 Å². The van der Waals surface area contributed by atoms with E-state index in [0.29, 0.717) is 0 Å². The summed E-state index contributed by atoms with van der Waals surface area (Å²) in [5, 5.41) is 4.45. The standard InChI is InChI=1S/C14H20BrClN2/c1-3-14(4-2)10-18(8-7-17-14)11-5-6-13(16)12(15)9-11/h5-6,9,17H,3-4,7-8,10H2,1-2H3. The predicted octanol–water partition coefficient (Wildman–Crippen LogP) is 4.07. The molecule has 1 aromatic carbocycles. The molecule has 1 N–H and O–H groups in total. The molecular formula is C14H20BrClN2. The third-order valence-corrected chi connectivity index (χ3v) is 5.21. The molecule has 2 nitrogen and oxygen atoms in total. The summed E-state index contributed by atoms with van der Waals surface area (Å²) in [6, 6.07) is 6.18. The van der Waals surface area contributed by atoms with E-state index in [4.69, 9.17) is 11.6 Å². The van der Waals surface area contributed by atoms with Crippen molar-refractivity contribution < 1.29 is 0 Å². The fraction of sp³-hybridized carbons (Fsp3) is 0.571. The van der Waals surface area contributed by atoms with E-state index in [2.05, 4.69) is 52.1 Å². The van der Waals surface area contributed by atoms with Crippen LogP contribution in [0.25, 0.3) is 0 Å². The number of nitrogens with one attached hydrogen (secondary N) is 1. The molecule has 0 unspecified atom stereocenters. The Morgan fingerprint density at radius 1 is 1.39 bits per heavy atom. The number of nitrogens with zero attached hydrogens (tertiary/aromatic N) is 1. The quantitative estimate of drug-likeness (QED) is 0.898. The summed E-state index contributed by atoms with van der Waals surface area (Å²) in [5.41, 5.74) is 1.50. The molecule has 0 amide bonds. The summed E-state index contributed by atoms with van der Waals surface area (Å²) >= 11 is 9.55. The molecule has 0 saturated carbocycles. The molecule has 0 spiro atoms. The minimum absolute atomic E-state index is 0.254. The maximum atomic E-state index is 6.05. The van der Waals surface area contributed by atoms with Gasteiger partial charge in [-0.2, -0.15) is 0 Å². The topological polar surface area (TPSA) is 15.3 Å². The van der Waals surface area contributed by atoms with Crippen molar-refractivity contribution >= 4 is 33.2 Å². The van der Waals surface area contributed by atoms with Gasteiger partial charge in [-0.15, -0.1) is 0 Å². The van der Waals surface area contributed by atoms with Gasteiger partial charge in [-0.3, -0.25) is 0 Å². The Hall–Kier alpha value is -0.250. The second-order valence-corrected chi connectivity index (χ2v) is 6.20. The van der Waals surface area contributed by atoms with E-state index in [1.165, 1.54) is 5.69 Å². The average molecular weight is 332 g/mol. The molecule has 0 bridgehead atoms. The summed E-state index contributed by atoms with van der Waals surface area (Å²) in [7, 11) is 0. The summed E-state index contributed by atoms with van der Waals surface area (Å²) < 4.78 is 0.971. The maximum absolute atomic E-state index is 6.05. The Morgan fingerprint density at radius 2 is 2.11 bits per heavy atom. The van der Waals surface area contributed by atoms with Gasteiger partial charge in [-0.05, 0) is 47.0 Å². The van der Waals surface area contributed by atoms with Gasteiger partial charge in [0, 0.05) is 35.3 Å². The van der Waals surface area contributed by atoms with E-state index < -0.39 is 0 Å². The number of hydrogen-bond donors (Lipinski definition) is 1. The van der Waals surface area contributed by atoms with Crippen molar-refractivity contribution in [2.75, 3.05) is 24.5 Å². The summed E-state index contributed by atoms with van der Waals surface area (Å²) in [4.78, 5) is 2.45. The normalized spacial score (nSPS) is 19.0. The fourth-order valence-electron chi connectivity index (χ4n) is 2.58. The molecule has 1 fully saturated rings. The minimum atomic E-state index is 0.254. The Kier molecular flexibility index (Phi) is 4.57. The molecule has 1 heterocycles. The highest BCUT2D eigenvalue weighted by Gasteiger charge is 2.31. The van der Waals surface area contributed by atoms with Gasteiger partial charge in [0.25, 0.3) is 0 Å². The molecule has 0 atom stereocenters. The first kappa shape index (κ1) is 14.2. The van der Waals surface area contributed by atoms with Crippen LogP contribution in [0.1, 0.15) is 26.7 Å². The van der Waals surface area contributed by atoms with Gasteiger partial charge in [0.2, 0.25) is 0 Å². The van der Waals surface area contributed by atoms with E-state index in [1.54, 1.807) is 0 Å². The van der Waals surface area contributed by atoms with Crippen LogP contribution in [0.15, 0.2) is 22.7 Å². The molecule has 0 aliphatic carbocycles. The van der Waals surface area contributed by atoms with E-state index in [-0.39, 0.29) is 5.54 Å². The molecule has 1 aliphatic rings. The molecule has 0 aromatic heterocycles. The highest BCUT2D eigenvalue weighted by atomic mass is 79.9. The lowest BCUT2D eigenvalue weighted by Crippen LogP contribution is -2.60. The summed E-state index contributed by atoms with van der Waals surface area (Å²) in [6.07, 6.45) is 2.32. The molecule has 1 aliphatic heterocycles. The van der Waals surface area contributed by atoms with Crippen LogP contribution < -0.4 is 10.2 Å². The smallest absolute Gasteiger partial charge is 0.0549 e. The van der Waals surface area contributed by atoms with Crippen LogP contribution >= 0.6 is 27.5 Å². The third-order valence-electron chi connectivity index (χ3n) is 4.00. The highest BCUT2D eigenvalue weighted by molar-refractivity contribution is 9.10. The Labute approximate surface area is 123 Å². The Bertz CT molecular complexity index is 418. The van der Waals surface area contributed by atoms with Gasteiger partial charge in [-0.1, -0.05) is 25.4 Å². The lowest BCUT2D eigenvalue weighted by Gasteiger charge is -2.44. The van der Waals surface area contributed by atoms with Crippen LogP contribution in [0.5, 0.6) is 0 Å². The highest BCUT2D eigenvalue weighted by Crippen LogP contribution is 2.30. The number of halogens is 2. The van der Waals surface area contributed by atoms with Crippen molar-refractivity contribution in [2.45, 2.75) is 32.2 Å². The van der Waals surface area contributed by atoms with Crippen LogP contribution in [0.2, 0.25) is 5.02 Å². The number of hydrogen-bond acceptors (Lipinski definition) is 2. The third kappa shape index (κ3) is 2.84. The summed E-state index contributed by atoms with van der Waals surface area (Å²) in [5.74, 6) is 0. The second-order valence-electron chi connectivity index (χ2n) is 4.93. The van der Waals surface area contributed by atoms with Crippen molar-refractivity contribution in [3.05, 3.63) is 27.7 Å². The van der Waals surface area contributed by atoms with Gasteiger partial charge in [0.1, 0.15) is 0 Å². The molecule has 4 heteroatoms. The zero-order valence-corrected chi connectivity index (χ0v) is 13.3. The number of piperazine rings is 1. The van der Waals surface area contributed by atoms with Gasteiger partial charge >= 0.3 is 0 Å². The van der Waals surface area contributed by atoms with Crippen LogP contribution in [0.3, 0.4) is 0 Å². The maximum Gasteiger partial charge on any atom is 0.0549 e. The first-order chi connectivity index (χ1) is 8.60. The van der Waals surface area contributed by atoms with Crippen molar-refractivity contribution in [3.63, 3.8) is 0 Å². The van der Waals surface area contributed by atoms with Crippen molar-refractivity contribution in [3.8, 4) is 0 Å². The van der Waals surface area contributed by atoms with Crippen molar-refractivity contribution in [2.24, 2.45) is 0 Å². The van der Waals surface area contributed by atoms with Crippen molar-refractivity contribution in [1.29, 1.82) is 0 Å². The number of anilines is 1. The van der Waals surface area contributed by atoms with E-state index in [1.807, 2.05) is 6.07 Å². The fourth-order valence-corrected chi connectivity index (χ4v) is 3.07. The minimum Gasteiger partial charge on any atom is -0.368 e. The Balaban J connectivity index is 2.20. The predicted molar refractivity (Wildman–Crippen MR) is 82.7 cm³/mol. The lowest BCUT2D eigenvalue weighted by molar-refractivity contribution is 0.277. The van der Waals surface area contributed by atoms with E-state index in [0.717, 1.165) is 42.0 Å². The van der Waals surface area contributed by atoms with E-state index >= 15 is 0 Å². The number of rotatable bonds is 3. The van der Waals surface area contributed by atoms with E-state index in [9.17, 15) is 0 Å². The molecule has 100 valence electrons. The van der Waals surface area contributed by atoms with Crippen molar-refractivity contribution in [1.82, 2.24) is 5.32 Å². The van der Waals surface area contributed by atoms with Crippen LogP contribution in [-0.2, 0) is 0 Å². The first-order valence-corrected chi connectivity index (χ1v) is 7.72. The van der Waals surface area contributed by atoms with Gasteiger partial charge < -0.3 is 10.2 Å². The first-order valence-electron chi connectivity index (χ1n) is 6.55. The lowest BCUT2D eigenvalue weighted by atomic mass is 9.90. The van der Waals surface area contributed by atoms with Crippen LogP contribution in [-0.4, -0.2) is 25.2 Å². The summed E-state index contributed by atoms with van der Waals surface area (Å²) in [6.45, 7) is 7.68. The molecule has 1 aromatic rings. The zero-order valence-electron chi connectivity index (χ0n) is 11.0. The Morgan fingerprint density at radius 3 is 2.72 bits per heavy atom. The zero-order chi connectivity index (χ0) is 13.2. The SMILES string of the molecule is CCC1(CC)CN(c2ccc(Cl)c(Br)c2)CCN1. The van der Waals surface area contributed by atoms with Gasteiger partial charge in [-0.25, -0.2) is 0 Å². The number of benzene rings is 1. The molecule has 0 radical (unpaired) electrons. The van der Waals surface area contributed by atoms with Gasteiger partial charge in [0.15, 0.2) is 0 Å². The molecule has 18 heavy (non-hydrogen) atoms. The monoisotopic (exact) mass is 330 g/mol.